The molecule has 4 heterocycles. The minimum absolute atomic E-state index is 0.00595. The Morgan fingerprint density at radius 2 is 1.95 bits per heavy atom. The van der Waals surface area contributed by atoms with E-state index in [0.29, 0.717) is 54.3 Å². The van der Waals surface area contributed by atoms with Crippen molar-refractivity contribution in [3.05, 3.63) is 78.8 Å². The van der Waals surface area contributed by atoms with E-state index < -0.39 is 6.10 Å². The number of ether oxygens (including phenoxy) is 1. The van der Waals surface area contributed by atoms with Crippen molar-refractivity contribution in [3.8, 4) is 5.75 Å². The van der Waals surface area contributed by atoms with Crippen LogP contribution in [0.15, 0.2) is 46.6 Å². The van der Waals surface area contributed by atoms with Crippen molar-refractivity contribution in [2.24, 2.45) is 0 Å². The number of piperidine rings is 1. The van der Waals surface area contributed by atoms with Crippen molar-refractivity contribution in [2.75, 3.05) is 45.9 Å². The molecule has 0 saturated carbocycles. The van der Waals surface area contributed by atoms with E-state index in [1.165, 1.54) is 28.5 Å². The molecule has 2 aliphatic heterocycles. The van der Waals surface area contributed by atoms with Gasteiger partial charge in [0.05, 0.1) is 28.0 Å². The molecular formula is C32H39N5O5S2. The lowest BCUT2D eigenvalue weighted by atomic mass is 9.87. The minimum atomic E-state index is -0.790. The van der Waals surface area contributed by atoms with Gasteiger partial charge in [-0.2, -0.15) is 0 Å². The van der Waals surface area contributed by atoms with Gasteiger partial charge in [0.2, 0.25) is 0 Å². The molecule has 0 bridgehead atoms. The number of hydrogen-bond acceptors (Lipinski definition) is 10. The van der Waals surface area contributed by atoms with Crippen LogP contribution in [0.5, 0.6) is 5.75 Å². The van der Waals surface area contributed by atoms with Crippen LogP contribution in [0.3, 0.4) is 0 Å². The molecule has 2 fully saturated rings. The number of aryl methyl sites for hydroxylation is 1. The van der Waals surface area contributed by atoms with Gasteiger partial charge in [-0.1, -0.05) is 41.7 Å². The van der Waals surface area contributed by atoms with Crippen LogP contribution in [0.2, 0.25) is 0 Å². The first kappa shape index (κ1) is 30.9. The summed E-state index contributed by atoms with van der Waals surface area (Å²) in [6.45, 7) is 7.66. The topological polar surface area (TPSA) is 131 Å². The molecule has 1 spiro atoms. The van der Waals surface area contributed by atoms with Crippen LogP contribution in [0, 0.1) is 6.92 Å². The Labute approximate surface area is 264 Å². The van der Waals surface area contributed by atoms with Gasteiger partial charge in [0.1, 0.15) is 17.0 Å². The minimum Gasteiger partial charge on any atom is -0.506 e. The number of rotatable bonds is 9. The number of aromatic amines is 1. The molecule has 234 valence electrons. The van der Waals surface area contributed by atoms with Crippen molar-refractivity contribution in [1.29, 1.82) is 0 Å². The Morgan fingerprint density at radius 1 is 1.16 bits per heavy atom. The summed E-state index contributed by atoms with van der Waals surface area (Å²) < 4.78 is 7.00. The van der Waals surface area contributed by atoms with Crippen LogP contribution in [-0.2, 0) is 17.7 Å². The van der Waals surface area contributed by atoms with Crippen molar-refractivity contribution in [3.63, 3.8) is 0 Å². The number of H-pyrrole nitrogens is 1. The van der Waals surface area contributed by atoms with Gasteiger partial charge in [-0.05, 0) is 56.3 Å². The molecular weight excluding hydrogens is 599 g/mol. The van der Waals surface area contributed by atoms with Crippen LogP contribution in [-0.4, -0.2) is 87.4 Å². The summed E-state index contributed by atoms with van der Waals surface area (Å²) in [6, 6.07) is 11.8. The van der Waals surface area contributed by atoms with Crippen LogP contribution in [0.1, 0.15) is 57.6 Å². The van der Waals surface area contributed by atoms with E-state index in [4.69, 9.17) is 4.74 Å². The first-order valence-corrected chi connectivity index (χ1v) is 16.9. The van der Waals surface area contributed by atoms with E-state index in [-0.39, 0.29) is 22.1 Å². The van der Waals surface area contributed by atoms with Crippen LogP contribution in [0.4, 0.5) is 0 Å². The first-order chi connectivity index (χ1) is 21.3. The Kier molecular flexibility index (Phi) is 9.45. The quantitative estimate of drug-likeness (QED) is 0.204. The number of phenols is 1. The molecule has 0 radical (unpaired) electrons. The number of fused-ring (bicyclic) bond motifs is 1. The van der Waals surface area contributed by atoms with Gasteiger partial charge < -0.3 is 30.2 Å². The average molecular weight is 638 g/mol. The summed E-state index contributed by atoms with van der Waals surface area (Å²) in [6.07, 6.45) is 2.82. The maximum atomic E-state index is 12.9. The average Bonchev–Trinajstić information content (AvgIpc) is 3.57. The highest BCUT2D eigenvalue weighted by Crippen LogP contribution is 2.33. The smallest absolute Gasteiger partial charge is 0.305 e. The maximum absolute atomic E-state index is 12.9. The molecule has 2 saturated heterocycles. The molecule has 10 nitrogen and oxygen atoms in total. The Hall–Kier alpha value is -3.13. The highest BCUT2D eigenvalue weighted by Gasteiger charge is 2.38. The molecule has 6 rings (SSSR count). The van der Waals surface area contributed by atoms with Gasteiger partial charge in [0.15, 0.2) is 0 Å². The lowest BCUT2D eigenvalue weighted by Gasteiger charge is -2.41. The fourth-order valence-corrected chi connectivity index (χ4v) is 7.76. The Morgan fingerprint density at radius 3 is 2.75 bits per heavy atom. The second kappa shape index (κ2) is 13.5. The maximum Gasteiger partial charge on any atom is 0.305 e. The van der Waals surface area contributed by atoms with E-state index in [9.17, 15) is 19.8 Å². The van der Waals surface area contributed by atoms with E-state index >= 15 is 0 Å². The lowest BCUT2D eigenvalue weighted by Crippen LogP contribution is -2.46. The summed E-state index contributed by atoms with van der Waals surface area (Å²) in [4.78, 5) is 35.8. The monoisotopic (exact) mass is 637 g/mol. The van der Waals surface area contributed by atoms with Gasteiger partial charge in [-0.15, -0.1) is 11.3 Å². The lowest BCUT2D eigenvalue weighted by molar-refractivity contribution is -0.0789. The number of aliphatic hydroxyl groups excluding tert-OH is 1. The van der Waals surface area contributed by atoms with Gasteiger partial charge in [-0.25, -0.2) is 4.98 Å². The van der Waals surface area contributed by atoms with Crippen LogP contribution < -0.4 is 10.2 Å². The fourth-order valence-electron chi connectivity index (χ4n) is 6.26. The van der Waals surface area contributed by atoms with Gasteiger partial charge >= 0.3 is 4.87 Å². The van der Waals surface area contributed by atoms with Crippen LogP contribution >= 0.6 is 22.7 Å². The van der Waals surface area contributed by atoms with Crippen molar-refractivity contribution < 1.29 is 19.7 Å². The SMILES string of the molecule is Cc1nc(C(=O)N2CCOC3(CCN(Cc4cccc(CCNC[C@H](O)c5ccc(O)c6[nH]c(=O)sc56)c4)CC3)CC2)cs1. The number of benzene rings is 2. The normalized spacial score (nSPS) is 18.1. The zero-order valence-corrected chi connectivity index (χ0v) is 26.5. The number of amides is 1. The fraction of sp³-hybridized carbons (Fsp3) is 0.469. The second-order valence-electron chi connectivity index (χ2n) is 11.8. The molecule has 4 aromatic rings. The number of aromatic nitrogens is 2. The zero-order valence-electron chi connectivity index (χ0n) is 24.9. The zero-order chi connectivity index (χ0) is 30.7. The van der Waals surface area contributed by atoms with Crippen molar-refractivity contribution >= 4 is 38.8 Å². The molecule has 2 aromatic heterocycles. The number of aromatic hydroxyl groups is 1. The van der Waals surface area contributed by atoms with Gasteiger partial charge in [0, 0.05) is 50.2 Å². The Balaban J connectivity index is 0.954. The summed E-state index contributed by atoms with van der Waals surface area (Å²) in [5.74, 6) is 0.0139. The highest BCUT2D eigenvalue weighted by atomic mass is 32.1. The molecule has 1 atom stereocenters. The number of carbonyl (C=O) groups excluding carboxylic acids is 1. The number of likely N-dealkylation sites (tertiary alicyclic amines) is 1. The number of aliphatic hydroxyl groups is 1. The standard InChI is InChI=1S/C32H39N5O5S2/c1-21-34-25(20-43-21)30(40)37-14-10-32(42-16-15-37)8-12-36(13-9-32)19-23-4-2-3-22(17-23)7-11-33-18-27(39)24-5-6-26(38)28-29(24)44-31(41)35-28/h2-6,17,20,27,33,38-39H,7-16,18-19H2,1H3,(H,35,41)/t27-/m0/s1. The largest absolute Gasteiger partial charge is 0.506 e. The number of nitrogens with one attached hydrogen (secondary N) is 2. The van der Waals surface area contributed by atoms with Gasteiger partial charge in [-0.3, -0.25) is 14.5 Å². The number of nitrogens with zero attached hydrogens (tertiary/aromatic N) is 3. The van der Waals surface area contributed by atoms with Crippen molar-refractivity contribution in [1.82, 2.24) is 25.1 Å². The molecule has 44 heavy (non-hydrogen) atoms. The Bertz CT molecular complexity index is 1660. The number of phenolic OH excluding ortho intramolecular Hbond substituents is 1. The molecule has 0 aliphatic carbocycles. The molecule has 1 amide bonds. The predicted molar refractivity (Wildman–Crippen MR) is 173 cm³/mol. The van der Waals surface area contributed by atoms with Crippen molar-refractivity contribution in [2.45, 2.75) is 50.9 Å². The third kappa shape index (κ3) is 7.06. The predicted octanol–water partition coefficient (Wildman–Crippen LogP) is 3.82. The molecule has 4 N–H and O–H groups in total. The third-order valence-electron chi connectivity index (χ3n) is 8.77. The molecule has 12 heteroatoms. The van der Waals surface area contributed by atoms with E-state index in [1.807, 2.05) is 17.2 Å². The molecule has 2 aromatic carbocycles. The summed E-state index contributed by atoms with van der Waals surface area (Å²) in [5.41, 5.74) is 3.91. The van der Waals surface area contributed by atoms with Crippen LogP contribution in [0.25, 0.3) is 10.2 Å². The van der Waals surface area contributed by atoms with E-state index in [2.05, 4.69) is 44.5 Å². The number of hydrogen-bond donors (Lipinski definition) is 4. The summed E-state index contributed by atoms with van der Waals surface area (Å²) in [7, 11) is 0. The highest BCUT2D eigenvalue weighted by molar-refractivity contribution is 7.16. The summed E-state index contributed by atoms with van der Waals surface area (Å²) >= 11 is 2.50. The van der Waals surface area contributed by atoms with E-state index in [0.717, 1.165) is 61.7 Å². The molecule has 2 aliphatic rings. The van der Waals surface area contributed by atoms with Gasteiger partial charge in [0.25, 0.3) is 5.91 Å². The van der Waals surface area contributed by atoms with E-state index in [1.54, 1.807) is 6.07 Å². The second-order valence-corrected chi connectivity index (χ2v) is 13.8. The molecule has 0 unspecified atom stereocenters. The number of carbonyl (C=O) groups is 1. The third-order valence-corrected chi connectivity index (χ3v) is 10.5. The first-order valence-electron chi connectivity index (χ1n) is 15.2. The number of thiazole rings is 2. The summed E-state index contributed by atoms with van der Waals surface area (Å²) in [5, 5.41) is 26.8.